The van der Waals surface area contributed by atoms with Gasteiger partial charge in [0.1, 0.15) is 24.2 Å². The van der Waals surface area contributed by atoms with Crippen molar-refractivity contribution < 1.29 is 26.8 Å². The number of rotatable bonds is 9. The van der Waals surface area contributed by atoms with Gasteiger partial charge in [-0.05, 0) is 63.1 Å². The van der Waals surface area contributed by atoms with Crippen LogP contribution in [0, 0.1) is 11.6 Å². The second-order valence-electron chi connectivity index (χ2n) is 9.06. The molecule has 186 valence electrons. The van der Waals surface area contributed by atoms with Crippen LogP contribution in [-0.2, 0) is 26.2 Å². The van der Waals surface area contributed by atoms with Gasteiger partial charge in [0.15, 0.2) is 0 Å². The summed E-state index contributed by atoms with van der Waals surface area (Å²) in [5.41, 5.74) is -0.00618. The van der Waals surface area contributed by atoms with Crippen LogP contribution in [0.1, 0.15) is 39.7 Å². The lowest BCUT2D eigenvalue weighted by Gasteiger charge is -2.34. The number of halogens is 2. The Labute approximate surface area is 199 Å². The van der Waals surface area contributed by atoms with Crippen LogP contribution in [0.2, 0.25) is 0 Å². The number of benzene rings is 2. The van der Waals surface area contributed by atoms with E-state index >= 15 is 0 Å². The van der Waals surface area contributed by atoms with E-state index in [1.807, 2.05) is 0 Å². The van der Waals surface area contributed by atoms with Gasteiger partial charge in [-0.15, -0.1) is 0 Å². The number of hydrogen-bond acceptors (Lipinski definition) is 4. The molecular formula is C24H31F2N3O4S. The van der Waals surface area contributed by atoms with E-state index in [9.17, 15) is 26.8 Å². The summed E-state index contributed by atoms with van der Waals surface area (Å²) in [5.74, 6) is -2.16. The number of hydrogen-bond donors (Lipinski definition) is 1. The zero-order valence-corrected chi connectivity index (χ0v) is 20.8. The lowest BCUT2D eigenvalue weighted by atomic mass is 10.1. The molecule has 0 radical (unpaired) electrons. The Morgan fingerprint density at radius 3 is 2.15 bits per heavy atom. The van der Waals surface area contributed by atoms with E-state index in [1.165, 1.54) is 41.3 Å². The van der Waals surface area contributed by atoms with Crippen molar-refractivity contribution in [3.63, 3.8) is 0 Å². The van der Waals surface area contributed by atoms with Crippen molar-refractivity contribution in [2.24, 2.45) is 0 Å². The minimum absolute atomic E-state index is 0.00947. The Balaban J connectivity index is 2.45. The molecular weight excluding hydrogens is 464 g/mol. The standard InChI is InChI=1S/C24H31F2N3O4S/c1-6-21(23(31)27-24(2,3)4)28(15-17-10-12-18(25)13-11-17)22(30)16-29(34(5,32)33)20-9-7-8-19(26)14-20/h7-14,21H,6,15-16H2,1-5H3,(H,27,31)/t21-/m0/s1. The van der Waals surface area contributed by atoms with E-state index in [0.29, 0.717) is 5.56 Å². The predicted octanol–water partition coefficient (Wildman–Crippen LogP) is 3.45. The van der Waals surface area contributed by atoms with E-state index in [-0.39, 0.29) is 18.7 Å². The Kier molecular flexibility index (Phi) is 8.77. The number of nitrogens with zero attached hydrogens (tertiary/aromatic N) is 2. The monoisotopic (exact) mass is 495 g/mol. The summed E-state index contributed by atoms with van der Waals surface area (Å²) < 4.78 is 52.9. The highest BCUT2D eigenvalue weighted by molar-refractivity contribution is 7.92. The molecule has 0 saturated carbocycles. The lowest BCUT2D eigenvalue weighted by molar-refractivity contribution is -0.141. The summed E-state index contributed by atoms with van der Waals surface area (Å²) in [4.78, 5) is 27.8. The van der Waals surface area contributed by atoms with Crippen molar-refractivity contribution in [1.29, 1.82) is 0 Å². The van der Waals surface area contributed by atoms with Gasteiger partial charge >= 0.3 is 0 Å². The average molecular weight is 496 g/mol. The fourth-order valence-electron chi connectivity index (χ4n) is 3.40. The van der Waals surface area contributed by atoms with E-state index in [2.05, 4.69) is 5.32 Å². The number of amides is 2. The number of sulfonamides is 1. The van der Waals surface area contributed by atoms with Crippen molar-refractivity contribution >= 4 is 27.5 Å². The normalized spacial score (nSPS) is 12.7. The molecule has 0 aliphatic carbocycles. The molecule has 0 aliphatic rings. The van der Waals surface area contributed by atoms with Gasteiger partial charge in [-0.3, -0.25) is 13.9 Å². The first-order valence-corrected chi connectivity index (χ1v) is 12.7. The molecule has 7 nitrogen and oxygen atoms in total. The van der Waals surface area contributed by atoms with Crippen molar-refractivity contribution in [2.45, 2.75) is 52.2 Å². The van der Waals surface area contributed by atoms with E-state index < -0.39 is 51.6 Å². The van der Waals surface area contributed by atoms with Gasteiger partial charge in [0.05, 0.1) is 11.9 Å². The second-order valence-corrected chi connectivity index (χ2v) is 11.0. The van der Waals surface area contributed by atoms with Crippen LogP contribution in [0.3, 0.4) is 0 Å². The highest BCUT2D eigenvalue weighted by Gasteiger charge is 2.33. The van der Waals surface area contributed by atoms with Gasteiger partial charge in [0.25, 0.3) is 0 Å². The summed E-state index contributed by atoms with van der Waals surface area (Å²) in [6, 6.07) is 9.45. The Morgan fingerprint density at radius 1 is 1.03 bits per heavy atom. The summed E-state index contributed by atoms with van der Waals surface area (Å²) in [6.07, 6.45) is 1.17. The number of carbonyl (C=O) groups excluding carboxylic acids is 2. The fraction of sp³-hybridized carbons (Fsp3) is 0.417. The molecule has 0 bridgehead atoms. The van der Waals surface area contributed by atoms with Gasteiger partial charge in [-0.2, -0.15) is 0 Å². The molecule has 0 aromatic heterocycles. The second kappa shape index (κ2) is 10.9. The van der Waals surface area contributed by atoms with Crippen LogP contribution in [0.15, 0.2) is 48.5 Å². The maximum absolute atomic E-state index is 13.8. The molecule has 0 unspecified atom stereocenters. The van der Waals surface area contributed by atoms with Crippen LogP contribution in [0.25, 0.3) is 0 Å². The third-order valence-corrected chi connectivity index (χ3v) is 6.07. The lowest BCUT2D eigenvalue weighted by Crippen LogP contribution is -2.55. The molecule has 34 heavy (non-hydrogen) atoms. The van der Waals surface area contributed by atoms with Crippen molar-refractivity contribution in [1.82, 2.24) is 10.2 Å². The largest absolute Gasteiger partial charge is 0.350 e. The molecule has 0 saturated heterocycles. The molecule has 0 fully saturated rings. The Morgan fingerprint density at radius 2 is 1.65 bits per heavy atom. The zero-order chi connectivity index (χ0) is 25.7. The van der Waals surface area contributed by atoms with Gasteiger partial charge in [0.2, 0.25) is 21.8 Å². The van der Waals surface area contributed by atoms with Gasteiger partial charge < -0.3 is 10.2 Å². The molecule has 2 aromatic rings. The maximum atomic E-state index is 13.8. The van der Waals surface area contributed by atoms with Crippen LogP contribution < -0.4 is 9.62 Å². The zero-order valence-electron chi connectivity index (χ0n) is 20.0. The molecule has 0 heterocycles. The average Bonchev–Trinajstić information content (AvgIpc) is 2.71. The molecule has 0 spiro atoms. The van der Waals surface area contributed by atoms with Gasteiger partial charge in [-0.25, -0.2) is 17.2 Å². The van der Waals surface area contributed by atoms with Crippen molar-refractivity contribution in [3.05, 3.63) is 65.7 Å². The molecule has 2 amide bonds. The number of nitrogens with one attached hydrogen (secondary N) is 1. The fourth-order valence-corrected chi connectivity index (χ4v) is 4.25. The summed E-state index contributed by atoms with van der Waals surface area (Å²) in [7, 11) is -3.95. The predicted molar refractivity (Wildman–Crippen MR) is 128 cm³/mol. The number of anilines is 1. The van der Waals surface area contributed by atoms with E-state index in [4.69, 9.17) is 0 Å². The molecule has 0 aliphatic heterocycles. The molecule has 1 N–H and O–H groups in total. The first-order valence-electron chi connectivity index (χ1n) is 10.8. The highest BCUT2D eigenvalue weighted by Crippen LogP contribution is 2.21. The van der Waals surface area contributed by atoms with Crippen molar-refractivity contribution in [3.8, 4) is 0 Å². The highest BCUT2D eigenvalue weighted by atomic mass is 32.2. The summed E-state index contributed by atoms with van der Waals surface area (Å²) >= 11 is 0. The van der Waals surface area contributed by atoms with Gasteiger partial charge in [-0.1, -0.05) is 25.1 Å². The molecule has 2 rings (SSSR count). The molecule has 10 heteroatoms. The molecule has 2 aromatic carbocycles. The topological polar surface area (TPSA) is 86.8 Å². The number of carbonyl (C=O) groups is 2. The summed E-state index contributed by atoms with van der Waals surface area (Å²) in [5, 5.41) is 2.85. The SMILES string of the molecule is CC[C@@H](C(=O)NC(C)(C)C)N(Cc1ccc(F)cc1)C(=O)CN(c1cccc(F)c1)S(C)(=O)=O. The minimum Gasteiger partial charge on any atom is -0.350 e. The Bertz CT molecular complexity index is 1120. The van der Waals surface area contributed by atoms with E-state index in [0.717, 1.165) is 22.7 Å². The third kappa shape index (κ3) is 7.79. The van der Waals surface area contributed by atoms with Crippen LogP contribution in [-0.4, -0.2) is 49.5 Å². The van der Waals surface area contributed by atoms with Crippen LogP contribution in [0.4, 0.5) is 14.5 Å². The van der Waals surface area contributed by atoms with Gasteiger partial charge in [0, 0.05) is 12.1 Å². The van der Waals surface area contributed by atoms with Crippen molar-refractivity contribution in [2.75, 3.05) is 17.1 Å². The Hall–Kier alpha value is -3.01. The summed E-state index contributed by atoms with van der Waals surface area (Å²) in [6.45, 7) is 6.47. The van der Waals surface area contributed by atoms with Crippen LogP contribution in [0.5, 0.6) is 0 Å². The smallest absolute Gasteiger partial charge is 0.244 e. The maximum Gasteiger partial charge on any atom is 0.244 e. The van der Waals surface area contributed by atoms with Crippen LogP contribution >= 0.6 is 0 Å². The molecule has 1 atom stereocenters. The minimum atomic E-state index is -3.95. The first kappa shape index (κ1) is 27.2. The quantitative estimate of drug-likeness (QED) is 0.577. The van der Waals surface area contributed by atoms with E-state index in [1.54, 1.807) is 27.7 Å². The first-order chi connectivity index (χ1) is 15.7. The third-order valence-electron chi connectivity index (χ3n) is 4.93.